The van der Waals surface area contributed by atoms with Crippen molar-refractivity contribution < 1.29 is 13.9 Å². The van der Waals surface area contributed by atoms with Gasteiger partial charge in [0.2, 0.25) is 0 Å². The molecule has 2 heterocycles. The summed E-state index contributed by atoms with van der Waals surface area (Å²) in [6.07, 6.45) is 2.91. The molecule has 0 aromatic heterocycles. The molecule has 1 aromatic rings. The molecule has 0 saturated carbocycles. The molecule has 0 aliphatic carbocycles. The predicted octanol–water partition coefficient (Wildman–Crippen LogP) is 2.40. The quantitative estimate of drug-likeness (QED) is 0.833. The van der Waals surface area contributed by atoms with Crippen LogP contribution in [-0.2, 0) is 4.74 Å². The van der Waals surface area contributed by atoms with Crippen molar-refractivity contribution >= 4 is 0 Å². The molecule has 0 bridgehead atoms. The van der Waals surface area contributed by atoms with Gasteiger partial charge >= 0.3 is 0 Å². The van der Waals surface area contributed by atoms with E-state index in [1.54, 1.807) is 6.07 Å². The van der Waals surface area contributed by atoms with Crippen LogP contribution in [0.1, 0.15) is 30.9 Å². The average molecular weight is 251 g/mol. The Morgan fingerprint density at radius 1 is 1.22 bits per heavy atom. The molecule has 2 aliphatic heterocycles. The highest BCUT2D eigenvalue weighted by atomic mass is 19.1. The van der Waals surface area contributed by atoms with Crippen molar-refractivity contribution in [2.45, 2.75) is 31.4 Å². The van der Waals surface area contributed by atoms with Gasteiger partial charge in [0.1, 0.15) is 17.7 Å². The first-order chi connectivity index (χ1) is 8.74. The number of rotatable bonds is 1. The third-order valence-corrected chi connectivity index (χ3v) is 3.93. The Kier molecular flexibility index (Phi) is 3.22. The van der Waals surface area contributed by atoms with E-state index in [9.17, 15) is 4.39 Å². The Labute approximate surface area is 106 Å². The van der Waals surface area contributed by atoms with E-state index in [2.05, 4.69) is 0 Å². The molecule has 2 aliphatic rings. The summed E-state index contributed by atoms with van der Waals surface area (Å²) in [6.45, 7) is 1.57. The topological polar surface area (TPSA) is 44.5 Å². The van der Waals surface area contributed by atoms with Crippen LogP contribution in [-0.4, -0.2) is 19.3 Å². The summed E-state index contributed by atoms with van der Waals surface area (Å²) >= 11 is 0. The summed E-state index contributed by atoms with van der Waals surface area (Å²) < 4.78 is 24.6. The first kappa shape index (κ1) is 11.9. The Morgan fingerprint density at radius 2 is 2.00 bits per heavy atom. The summed E-state index contributed by atoms with van der Waals surface area (Å²) in [6, 6.07) is 4.56. The highest BCUT2D eigenvalue weighted by Crippen LogP contribution is 2.38. The lowest BCUT2D eigenvalue weighted by molar-refractivity contribution is 0.00717. The van der Waals surface area contributed by atoms with Crippen LogP contribution < -0.4 is 10.5 Å². The van der Waals surface area contributed by atoms with Crippen molar-refractivity contribution in [1.29, 1.82) is 0 Å². The molecular formula is C14H18FNO2. The van der Waals surface area contributed by atoms with Crippen LogP contribution in [0.2, 0.25) is 0 Å². The second-order valence-corrected chi connectivity index (χ2v) is 5.13. The molecule has 1 fully saturated rings. The van der Waals surface area contributed by atoms with Gasteiger partial charge in [-0.15, -0.1) is 0 Å². The zero-order valence-electron chi connectivity index (χ0n) is 10.3. The van der Waals surface area contributed by atoms with E-state index in [-0.39, 0.29) is 18.0 Å². The van der Waals surface area contributed by atoms with E-state index in [1.807, 2.05) is 0 Å². The maximum absolute atomic E-state index is 13.3. The fraction of sp³-hybridized carbons (Fsp3) is 0.571. The van der Waals surface area contributed by atoms with Gasteiger partial charge in [-0.2, -0.15) is 0 Å². The molecule has 3 rings (SSSR count). The van der Waals surface area contributed by atoms with Crippen LogP contribution >= 0.6 is 0 Å². The fourth-order valence-electron chi connectivity index (χ4n) is 2.88. The van der Waals surface area contributed by atoms with E-state index in [0.717, 1.165) is 38.0 Å². The van der Waals surface area contributed by atoms with Crippen LogP contribution in [0.15, 0.2) is 18.2 Å². The highest BCUT2D eigenvalue weighted by Gasteiger charge is 2.32. The van der Waals surface area contributed by atoms with Crippen molar-refractivity contribution in [2.75, 3.05) is 13.2 Å². The van der Waals surface area contributed by atoms with Crippen molar-refractivity contribution in [2.24, 2.45) is 11.7 Å². The molecule has 4 heteroatoms. The van der Waals surface area contributed by atoms with Crippen LogP contribution in [0.25, 0.3) is 0 Å². The molecule has 0 amide bonds. The lowest BCUT2D eigenvalue weighted by Gasteiger charge is -2.36. The summed E-state index contributed by atoms with van der Waals surface area (Å²) in [5.41, 5.74) is 7.08. The molecule has 2 N–H and O–H groups in total. The summed E-state index contributed by atoms with van der Waals surface area (Å²) in [7, 11) is 0. The Balaban J connectivity index is 1.81. The lowest BCUT2D eigenvalue weighted by atomic mass is 9.86. The average Bonchev–Trinajstić information content (AvgIpc) is 2.39. The van der Waals surface area contributed by atoms with Gasteiger partial charge in [-0.3, -0.25) is 0 Å². The second kappa shape index (κ2) is 4.86. The third kappa shape index (κ3) is 2.22. The monoisotopic (exact) mass is 251 g/mol. The molecule has 3 nitrogen and oxygen atoms in total. The maximum atomic E-state index is 13.3. The first-order valence-corrected chi connectivity index (χ1v) is 6.53. The molecule has 0 radical (unpaired) electrons. The number of benzene rings is 1. The van der Waals surface area contributed by atoms with Gasteiger partial charge in [-0.05, 0) is 18.9 Å². The standard InChI is InChI=1S/C14H18FNO2/c15-10-1-2-11-12(16)8-13(18-14(11)7-10)9-3-5-17-6-4-9/h1-2,7,9,12-13H,3-6,8,16H2/t12-,13?/m1/s1. The Morgan fingerprint density at radius 3 is 2.78 bits per heavy atom. The first-order valence-electron chi connectivity index (χ1n) is 6.53. The van der Waals surface area contributed by atoms with Gasteiger partial charge in [0, 0.05) is 43.2 Å². The molecule has 1 unspecified atom stereocenters. The van der Waals surface area contributed by atoms with E-state index in [1.165, 1.54) is 12.1 Å². The highest BCUT2D eigenvalue weighted by molar-refractivity contribution is 5.38. The van der Waals surface area contributed by atoms with Crippen LogP contribution in [0, 0.1) is 11.7 Å². The minimum atomic E-state index is -0.270. The van der Waals surface area contributed by atoms with E-state index < -0.39 is 0 Å². The summed E-state index contributed by atoms with van der Waals surface area (Å²) in [5.74, 6) is 0.819. The minimum Gasteiger partial charge on any atom is -0.490 e. The van der Waals surface area contributed by atoms with Crippen LogP contribution in [0.4, 0.5) is 4.39 Å². The van der Waals surface area contributed by atoms with Gasteiger partial charge in [0.05, 0.1) is 0 Å². The number of fused-ring (bicyclic) bond motifs is 1. The van der Waals surface area contributed by atoms with Crippen molar-refractivity contribution in [3.8, 4) is 5.75 Å². The van der Waals surface area contributed by atoms with E-state index in [4.69, 9.17) is 15.2 Å². The van der Waals surface area contributed by atoms with Gasteiger partial charge in [-0.25, -0.2) is 4.39 Å². The molecule has 1 saturated heterocycles. The predicted molar refractivity (Wildman–Crippen MR) is 65.9 cm³/mol. The molecule has 18 heavy (non-hydrogen) atoms. The number of nitrogens with two attached hydrogens (primary N) is 1. The van der Waals surface area contributed by atoms with Gasteiger partial charge in [-0.1, -0.05) is 6.07 Å². The van der Waals surface area contributed by atoms with E-state index >= 15 is 0 Å². The molecular weight excluding hydrogens is 233 g/mol. The Bertz CT molecular complexity index is 432. The number of halogens is 1. The van der Waals surface area contributed by atoms with Crippen molar-refractivity contribution in [3.05, 3.63) is 29.6 Å². The normalized spacial score (nSPS) is 28.6. The Hall–Kier alpha value is -1.13. The lowest BCUT2D eigenvalue weighted by Crippen LogP contribution is -2.37. The van der Waals surface area contributed by atoms with Crippen molar-refractivity contribution in [3.63, 3.8) is 0 Å². The zero-order valence-corrected chi connectivity index (χ0v) is 10.3. The fourth-order valence-corrected chi connectivity index (χ4v) is 2.88. The minimum absolute atomic E-state index is 0.0535. The summed E-state index contributed by atoms with van der Waals surface area (Å²) in [5, 5.41) is 0. The second-order valence-electron chi connectivity index (χ2n) is 5.13. The number of ether oxygens (including phenoxy) is 2. The smallest absolute Gasteiger partial charge is 0.127 e. The number of hydrogen-bond acceptors (Lipinski definition) is 3. The number of hydrogen-bond donors (Lipinski definition) is 1. The molecule has 1 aromatic carbocycles. The molecule has 0 spiro atoms. The third-order valence-electron chi connectivity index (χ3n) is 3.93. The largest absolute Gasteiger partial charge is 0.490 e. The molecule has 98 valence electrons. The van der Waals surface area contributed by atoms with Gasteiger partial charge in [0.15, 0.2) is 0 Å². The SMILES string of the molecule is N[C@@H]1CC(C2CCOCC2)Oc2cc(F)ccc21. The van der Waals surface area contributed by atoms with E-state index in [0.29, 0.717) is 11.7 Å². The van der Waals surface area contributed by atoms with Gasteiger partial charge < -0.3 is 15.2 Å². The van der Waals surface area contributed by atoms with Gasteiger partial charge in [0.25, 0.3) is 0 Å². The maximum Gasteiger partial charge on any atom is 0.127 e. The van der Waals surface area contributed by atoms with Crippen LogP contribution in [0.3, 0.4) is 0 Å². The van der Waals surface area contributed by atoms with Crippen molar-refractivity contribution in [1.82, 2.24) is 0 Å². The van der Waals surface area contributed by atoms with Crippen LogP contribution in [0.5, 0.6) is 5.75 Å². The zero-order chi connectivity index (χ0) is 12.5. The summed E-state index contributed by atoms with van der Waals surface area (Å²) in [4.78, 5) is 0. The molecule has 2 atom stereocenters.